The fourth-order valence-electron chi connectivity index (χ4n) is 6.63. The van der Waals surface area contributed by atoms with Crippen LogP contribution in [0, 0.1) is 11.8 Å². The number of nitrogens with one attached hydrogen (secondary N) is 2. The van der Waals surface area contributed by atoms with Gasteiger partial charge in [-0.05, 0) is 78.1 Å². The molecule has 0 aliphatic carbocycles. The molecule has 0 saturated carbocycles. The smallest absolute Gasteiger partial charge is 0.228 e. The van der Waals surface area contributed by atoms with Crippen LogP contribution in [0.15, 0.2) is 41.0 Å². The predicted molar refractivity (Wildman–Crippen MR) is 151 cm³/mol. The minimum Gasteiger partial charge on any atom is -0.464 e. The lowest BCUT2D eigenvalue weighted by molar-refractivity contribution is -0.164. The van der Waals surface area contributed by atoms with Gasteiger partial charge in [-0.3, -0.25) is 14.4 Å². The number of furan rings is 1. The largest absolute Gasteiger partial charge is 0.464 e. The van der Waals surface area contributed by atoms with Gasteiger partial charge in [-0.15, -0.1) is 0 Å². The maximum atomic E-state index is 14.1. The normalized spacial score (nSPS) is 22.9. The first-order chi connectivity index (χ1) is 18.5. The first-order valence-corrected chi connectivity index (χ1v) is 14.1. The molecule has 0 bridgehead atoms. The van der Waals surface area contributed by atoms with E-state index in [1.54, 1.807) is 6.26 Å². The van der Waals surface area contributed by atoms with Crippen molar-refractivity contribution in [2.75, 3.05) is 19.6 Å². The highest BCUT2D eigenvalue weighted by atomic mass is 16.3. The minimum absolute atomic E-state index is 0.0315. The van der Waals surface area contributed by atoms with Crippen molar-refractivity contribution in [2.24, 2.45) is 11.8 Å². The molecule has 1 fully saturated rings. The molecule has 8 nitrogen and oxygen atoms in total. The summed E-state index contributed by atoms with van der Waals surface area (Å²) >= 11 is 0. The Morgan fingerprint density at radius 3 is 2.59 bits per heavy atom. The van der Waals surface area contributed by atoms with Crippen molar-refractivity contribution in [3.8, 4) is 11.3 Å². The van der Waals surface area contributed by atoms with E-state index in [9.17, 15) is 14.4 Å². The van der Waals surface area contributed by atoms with Gasteiger partial charge in [0.1, 0.15) is 5.76 Å². The Morgan fingerprint density at radius 2 is 1.95 bits per heavy atom. The predicted octanol–water partition coefficient (Wildman–Crippen LogP) is 4.84. The number of carbonyl (C=O) groups excluding carboxylic acids is 3. The van der Waals surface area contributed by atoms with Crippen molar-refractivity contribution in [1.82, 2.24) is 20.1 Å². The Labute approximate surface area is 230 Å². The number of aromatic amines is 1. The van der Waals surface area contributed by atoms with Crippen LogP contribution in [0.4, 0.5) is 0 Å². The van der Waals surface area contributed by atoms with Gasteiger partial charge in [0.05, 0.1) is 17.7 Å². The van der Waals surface area contributed by atoms with Crippen molar-refractivity contribution < 1.29 is 18.8 Å². The zero-order valence-corrected chi connectivity index (χ0v) is 23.9. The Hall–Kier alpha value is -3.55. The number of aromatic nitrogens is 1. The maximum absolute atomic E-state index is 14.1. The molecule has 5 rings (SSSR count). The molecular weight excluding hydrogens is 492 g/mol. The Bertz CT molecular complexity index is 1400. The third-order valence-corrected chi connectivity index (χ3v) is 8.50. The zero-order valence-electron chi connectivity index (χ0n) is 23.9. The molecule has 3 amide bonds. The summed E-state index contributed by atoms with van der Waals surface area (Å²) in [5.74, 6) is -0.404. The summed E-state index contributed by atoms with van der Waals surface area (Å²) in [4.78, 5) is 48.3. The van der Waals surface area contributed by atoms with Crippen LogP contribution in [-0.2, 0) is 26.3 Å². The quantitative estimate of drug-likeness (QED) is 0.475. The summed E-state index contributed by atoms with van der Waals surface area (Å²) in [5.41, 5.74) is 2.78. The van der Waals surface area contributed by atoms with Crippen molar-refractivity contribution >= 4 is 28.6 Å². The number of carbonyl (C=O) groups is 3. The molecule has 8 heteroatoms. The van der Waals surface area contributed by atoms with E-state index in [-0.39, 0.29) is 24.1 Å². The van der Waals surface area contributed by atoms with Gasteiger partial charge in [0.2, 0.25) is 17.7 Å². The minimum atomic E-state index is -0.842. The highest BCUT2D eigenvalue weighted by Crippen LogP contribution is 2.50. The number of nitrogens with zero attached hydrogens (tertiary/aromatic N) is 2. The van der Waals surface area contributed by atoms with Crippen LogP contribution in [0.2, 0.25) is 0 Å². The molecule has 4 heterocycles. The van der Waals surface area contributed by atoms with Gasteiger partial charge < -0.3 is 24.5 Å². The van der Waals surface area contributed by atoms with Gasteiger partial charge in [0, 0.05) is 59.7 Å². The van der Waals surface area contributed by atoms with Crippen molar-refractivity contribution in [3.05, 3.63) is 47.9 Å². The first kappa shape index (κ1) is 27.0. The van der Waals surface area contributed by atoms with Crippen LogP contribution in [0.1, 0.15) is 65.6 Å². The van der Waals surface area contributed by atoms with E-state index in [0.29, 0.717) is 32.5 Å². The molecule has 0 unspecified atom stereocenters. The third kappa shape index (κ3) is 4.64. The van der Waals surface area contributed by atoms with Gasteiger partial charge in [0.15, 0.2) is 0 Å². The number of H-pyrrole nitrogens is 1. The molecule has 1 aromatic carbocycles. The van der Waals surface area contributed by atoms with Crippen molar-refractivity contribution in [1.29, 1.82) is 0 Å². The lowest BCUT2D eigenvalue weighted by atomic mass is 9.67. The molecule has 1 saturated heterocycles. The molecule has 39 heavy (non-hydrogen) atoms. The van der Waals surface area contributed by atoms with Crippen LogP contribution < -0.4 is 5.32 Å². The highest BCUT2D eigenvalue weighted by molar-refractivity contribution is 5.93. The molecular formula is C31H40N4O4. The fraction of sp³-hybridized carbons (Fsp3) is 0.516. The van der Waals surface area contributed by atoms with Crippen LogP contribution >= 0.6 is 0 Å². The summed E-state index contributed by atoms with van der Waals surface area (Å²) in [5, 5.41) is 4.09. The summed E-state index contributed by atoms with van der Waals surface area (Å²) in [7, 11) is 0. The zero-order chi connectivity index (χ0) is 28.1. The van der Waals surface area contributed by atoms with E-state index < -0.39 is 22.9 Å². The standard InChI is InChI=1S/C31H40N4O4/c1-7-34(8-2)29(38)23-16-20(18-26(36)33-30(3,4)5)28(37)35-14-13-22-21-12-11-19(25-10-9-15-39-25)17-24(21)32-27(22)31(23,35)6/h9-12,15,17,20,23,32H,7-8,13-14,16,18H2,1-6H3,(H,33,36)/t20-,23-,31+/m1/s1. The summed E-state index contributed by atoms with van der Waals surface area (Å²) in [6.07, 6.45) is 2.76. The van der Waals surface area contributed by atoms with E-state index in [4.69, 9.17) is 4.42 Å². The van der Waals surface area contributed by atoms with E-state index in [1.807, 2.05) is 63.5 Å². The number of amides is 3. The third-order valence-electron chi connectivity index (χ3n) is 8.50. The summed E-state index contributed by atoms with van der Waals surface area (Å²) < 4.78 is 5.61. The van der Waals surface area contributed by atoms with E-state index in [1.165, 1.54) is 0 Å². The van der Waals surface area contributed by atoms with Gasteiger partial charge in [-0.1, -0.05) is 12.1 Å². The average Bonchev–Trinajstić information content (AvgIpc) is 3.54. The van der Waals surface area contributed by atoms with E-state index in [2.05, 4.69) is 28.5 Å². The molecule has 3 aromatic rings. The second-order valence-electron chi connectivity index (χ2n) is 12.1. The fourth-order valence-corrected chi connectivity index (χ4v) is 6.63. The van der Waals surface area contributed by atoms with Gasteiger partial charge in [-0.2, -0.15) is 0 Å². The second kappa shape index (κ2) is 9.88. The van der Waals surface area contributed by atoms with Gasteiger partial charge >= 0.3 is 0 Å². The van der Waals surface area contributed by atoms with Gasteiger partial charge in [0.25, 0.3) is 0 Å². The average molecular weight is 533 g/mol. The Kier molecular flexibility index (Phi) is 6.85. The summed E-state index contributed by atoms with van der Waals surface area (Å²) in [6, 6.07) is 10.0. The second-order valence-corrected chi connectivity index (χ2v) is 12.1. The van der Waals surface area contributed by atoms with E-state index >= 15 is 0 Å². The Balaban J connectivity index is 1.58. The monoisotopic (exact) mass is 532 g/mol. The van der Waals surface area contributed by atoms with Crippen LogP contribution in [0.5, 0.6) is 0 Å². The number of hydrogen-bond acceptors (Lipinski definition) is 4. The molecule has 0 spiro atoms. The molecule has 2 aliphatic heterocycles. The molecule has 3 atom stereocenters. The van der Waals surface area contributed by atoms with E-state index in [0.717, 1.165) is 33.5 Å². The topological polar surface area (TPSA) is 98.6 Å². The molecule has 0 radical (unpaired) electrons. The Morgan fingerprint density at radius 1 is 1.21 bits per heavy atom. The number of fused-ring (bicyclic) bond motifs is 5. The molecule has 2 aliphatic rings. The summed E-state index contributed by atoms with van der Waals surface area (Å²) in [6.45, 7) is 13.5. The van der Waals surface area contributed by atoms with Crippen LogP contribution in [0.3, 0.4) is 0 Å². The maximum Gasteiger partial charge on any atom is 0.228 e. The lowest BCUT2D eigenvalue weighted by Crippen LogP contribution is -2.64. The van der Waals surface area contributed by atoms with Crippen molar-refractivity contribution in [2.45, 2.75) is 71.9 Å². The number of piperidine rings is 1. The van der Waals surface area contributed by atoms with Crippen LogP contribution in [-0.4, -0.2) is 57.7 Å². The SMILES string of the molecule is CCN(CC)C(=O)[C@H]1C[C@H](CC(=O)NC(C)(C)C)C(=O)N2CCc3c([nH]c4cc(-c5ccco5)ccc34)[C@]12C. The van der Waals surface area contributed by atoms with Crippen LogP contribution in [0.25, 0.3) is 22.2 Å². The molecule has 208 valence electrons. The molecule has 2 N–H and O–H groups in total. The molecule has 2 aromatic heterocycles. The number of hydrogen-bond donors (Lipinski definition) is 2. The van der Waals surface area contributed by atoms with Gasteiger partial charge in [-0.25, -0.2) is 0 Å². The first-order valence-electron chi connectivity index (χ1n) is 14.1. The highest BCUT2D eigenvalue weighted by Gasteiger charge is 2.57. The lowest BCUT2D eigenvalue weighted by Gasteiger charge is -2.54. The number of benzene rings is 1. The van der Waals surface area contributed by atoms with Crippen molar-refractivity contribution in [3.63, 3.8) is 0 Å². The number of rotatable bonds is 6.